The van der Waals surface area contributed by atoms with Gasteiger partial charge in [-0.3, -0.25) is 0 Å². The van der Waals surface area contributed by atoms with Crippen molar-refractivity contribution in [3.8, 4) is 0 Å². The SMILES string of the molecule is CCCNCCCN(C)S(=O)(=O)N(CC)CCCN(C)C. The molecule has 6 nitrogen and oxygen atoms in total. The molecule has 0 spiro atoms. The van der Waals surface area contributed by atoms with Gasteiger partial charge in [-0.1, -0.05) is 13.8 Å². The van der Waals surface area contributed by atoms with E-state index in [1.807, 2.05) is 21.0 Å². The van der Waals surface area contributed by atoms with Gasteiger partial charge in [0.2, 0.25) is 0 Å². The Hall–Kier alpha value is -0.210. The molecule has 0 aliphatic carbocycles. The molecule has 0 radical (unpaired) electrons. The maximum atomic E-state index is 12.5. The van der Waals surface area contributed by atoms with Crippen molar-refractivity contribution in [3.63, 3.8) is 0 Å². The molecule has 0 rings (SSSR count). The van der Waals surface area contributed by atoms with E-state index in [9.17, 15) is 8.42 Å². The van der Waals surface area contributed by atoms with E-state index in [0.717, 1.165) is 38.9 Å². The third-order valence-electron chi connectivity index (χ3n) is 3.34. The van der Waals surface area contributed by atoms with Crippen molar-refractivity contribution < 1.29 is 8.42 Å². The largest absolute Gasteiger partial charge is 0.317 e. The van der Waals surface area contributed by atoms with Gasteiger partial charge >= 0.3 is 0 Å². The molecule has 0 aliphatic heterocycles. The average molecular weight is 323 g/mol. The summed E-state index contributed by atoms with van der Waals surface area (Å²) in [5.41, 5.74) is 0. The molecule has 21 heavy (non-hydrogen) atoms. The van der Waals surface area contributed by atoms with Crippen LogP contribution in [-0.2, 0) is 10.2 Å². The molecule has 0 fully saturated rings. The highest BCUT2D eigenvalue weighted by Crippen LogP contribution is 2.07. The summed E-state index contributed by atoms with van der Waals surface area (Å²) in [4.78, 5) is 2.07. The first-order valence-electron chi connectivity index (χ1n) is 7.93. The van der Waals surface area contributed by atoms with Gasteiger partial charge < -0.3 is 10.2 Å². The molecule has 0 heterocycles. The Balaban J connectivity index is 4.25. The zero-order chi connectivity index (χ0) is 16.3. The molecular weight excluding hydrogens is 288 g/mol. The Kier molecular flexibility index (Phi) is 11.3. The lowest BCUT2D eigenvalue weighted by atomic mass is 10.4. The molecule has 1 N–H and O–H groups in total. The fourth-order valence-electron chi connectivity index (χ4n) is 2.04. The van der Waals surface area contributed by atoms with Gasteiger partial charge in [-0.25, -0.2) is 0 Å². The second-order valence-electron chi connectivity index (χ2n) is 5.58. The summed E-state index contributed by atoms with van der Waals surface area (Å²) < 4.78 is 28.0. The van der Waals surface area contributed by atoms with Crippen molar-refractivity contribution in [2.24, 2.45) is 0 Å². The van der Waals surface area contributed by atoms with Crippen molar-refractivity contribution in [2.75, 3.05) is 60.4 Å². The fraction of sp³-hybridized carbons (Fsp3) is 1.00. The highest BCUT2D eigenvalue weighted by atomic mass is 32.2. The second kappa shape index (κ2) is 11.4. The molecule has 0 aromatic rings. The molecule has 0 atom stereocenters. The minimum absolute atomic E-state index is 0.522. The van der Waals surface area contributed by atoms with Gasteiger partial charge in [0.1, 0.15) is 0 Å². The first-order valence-corrected chi connectivity index (χ1v) is 9.32. The standard InChI is InChI=1S/C14H34N4O2S/c1-6-10-15-11-8-13-17(5)21(19,20)18(7-2)14-9-12-16(3)4/h15H,6-14H2,1-5H3. The lowest BCUT2D eigenvalue weighted by molar-refractivity contribution is 0.333. The Morgan fingerprint density at radius 3 is 2.10 bits per heavy atom. The number of nitrogens with one attached hydrogen (secondary N) is 1. The quantitative estimate of drug-likeness (QED) is 0.510. The summed E-state index contributed by atoms with van der Waals surface area (Å²) in [6.07, 6.45) is 2.79. The van der Waals surface area contributed by atoms with E-state index in [4.69, 9.17) is 0 Å². The van der Waals surface area contributed by atoms with E-state index >= 15 is 0 Å². The predicted molar refractivity (Wildman–Crippen MR) is 89.7 cm³/mol. The van der Waals surface area contributed by atoms with Crippen LogP contribution in [0.3, 0.4) is 0 Å². The van der Waals surface area contributed by atoms with Gasteiger partial charge in [-0.05, 0) is 53.0 Å². The summed E-state index contributed by atoms with van der Waals surface area (Å²) in [6, 6.07) is 0. The molecule has 128 valence electrons. The summed E-state index contributed by atoms with van der Waals surface area (Å²) in [7, 11) is 2.35. The van der Waals surface area contributed by atoms with Gasteiger partial charge in [-0.2, -0.15) is 17.0 Å². The zero-order valence-electron chi connectivity index (χ0n) is 14.4. The van der Waals surface area contributed by atoms with Gasteiger partial charge in [0, 0.05) is 26.7 Å². The van der Waals surface area contributed by atoms with Crippen LogP contribution in [0, 0.1) is 0 Å². The molecular formula is C14H34N4O2S. The van der Waals surface area contributed by atoms with Crippen LogP contribution in [0.2, 0.25) is 0 Å². The van der Waals surface area contributed by atoms with E-state index < -0.39 is 10.2 Å². The number of hydrogen-bond acceptors (Lipinski definition) is 4. The minimum Gasteiger partial charge on any atom is -0.317 e. The average Bonchev–Trinajstić information content (AvgIpc) is 2.42. The number of hydrogen-bond donors (Lipinski definition) is 1. The highest BCUT2D eigenvalue weighted by Gasteiger charge is 2.24. The van der Waals surface area contributed by atoms with Crippen LogP contribution >= 0.6 is 0 Å². The number of nitrogens with zero attached hydrogens (tertiary/aromatic N) is 3. The smallest absolute Gasteiger partial charge is 0.281 e. The summed E-state index contributed by atoms with van der Waals surface area (Å²) in [5.74, 6) is 0. The maximum Gasteiger partial charge on any atom is 0.281 e. The first-order chi connectivity index (χ1) is 9.86. The monoisotopic (exact) mass is 322 g/mol. The van der Waals surface area contributed by atoms with Crippen LogP contribution in [0.25, 0.3) is 0 Å². The summed E-state index contributed by atoms with van der Waals surface area (Å²) >= 11 is 0. The minimum atomic E-state index is -3.32. The van der Waals surface area contributed by atoms with E-state index in [1.54, 1.807) is 11.4 Å². The Bertz CT molecular complexity index is 347. The maximum absolute atomic E-state index is 12.5. The Morgan fingerprint density at radius 1 is 0.905 bits per heavy atom. The Labute approximate surface area is 131 Å². The predicted octanol–water partition coefficient (Wildman–Crippen LogP) is 0.826. The lowest BCUT2D eigenvalue weighted by Gasteiger charge is -2.27. The summed E-state index contributed by atoms with van der Waals surface area (Å²) in [6.45, 7) is 8.42. The van der Waals surface area contributed by atoms with Crippen molar-refractivity contribution in [1.29, 1.82) is 0 Å². The lowest BCUT2D eigenvalue weighted by Crippen LogP contribution is -2.43. The van der Waals surface area contributed by atoms with Crippen LogP contribution in [0.15, 0.2) is 0 Å². The van der Waals surface area contributed by atoms with E-state index in [0.29, 0.717) is 19.6 Å². The molecule has 0 bridgehead atoms. The topological polar surface area (TPSA) is 55.9 Å². The fourth-order valence-corrected chi connectivity index (χ4v) is 3.48. The van der Waals surface area contributed by atoms with Gasteiger partial charge in [0.05, 0.1) is 0 Å². The molecule has 0 saturated carbocycles. The van der Waals surface area contributed by atoms with Gasteiger partial charge in [0.25, 0.3) is 10.2 Å². The summed E-state index contributed by atoms with van der Waals surface area (Å²) in [5, 5.41) is 3.29. The molecule has 0 saturated heterocycles. The second-order valence-corrected chi connectivity index (χ2v) is 7.62. The first kappa shape index (κ1) is 20.8. The number of rotatable bonds is 13. The molecule has 0 amide bonds. The molecule has 0 aromatic heterocycles. The van der Waals surface area contributed by atoms with Crippen molar-refractivity contribution >= 4 is 10.2 Å². The van der Waals surface area contributed by atoms with E-state index in [2.05, 4.69) is 17.1 Å². The third kappa shape index (κ3) is 8.73. The van der Waals surface area contributed by atoms with Crippen LogP contribution in [0.5, 0.6) is 0 Å². The molecule has 0 aromatic carbocycles. The van der Waals surface area contributed by atoms with Crippen LogP contribution < -0.4 is 5.32 Å². The highest BCUT2D eigenvalue weighted by molar-refractivity contribution is 7.86. The van der Waals surface area contributed by atoms with Crippen LogP contribution in [-0.4, -0.2) is 82.3 Å². The zero-order valence-corrected chi connectivity index (χ0v) is 15.2. The van der Waals surface area contributed by atoms with E-state index in [1.165, 1.54) is 4.31 Å². The van der Waals surface area contributed by atoms with Crippen molar-refractivity contribution in [1.82, 2.24) is 18.8 Å². The third-order valence-corrected chi connectivity index (χ3v) is 5.40. The molecule has 0 unspecified atom stereocenters. The van der Waals surface area contributed by atoms with Crippen LogP contribution in [0.4, 0.5) is 0 Å². The van der Waals surface area contributed by atoms with Gasteiger partial charge in [-0.15, -0.1) is 0 Å². The normalized spacial score (nSPS) is 12.8. The Morgan fingerprint density at radius 2 is 1.57 bits per heavy atom. The van der Waals surface area contributed by atoms with Gasteiger partial charge in [0.15, 0.2) is 0 Å². The van der Waals surface area contributed by atoms with Crippen molar-refractivity contribution in [3.05, 3.63) is 0 Å². The van der Waals surface area contributed by atoms with Crippen molar-refractivity contribution in [2.45, 2.75) is 33.1 Å². The molecule has 7 heteroatoms. The van der Waals surface area contributed by atoms with E-state index in [-0.39, 0.29) is 0 Å². The molecule has 0 aliphatic rings. The van der Waals surface area contributed by atoms with Crippen LogP contribution in [0.1, 0.15) is 33.1 Å².